The number of nitrogens with zero attached hydrogens (tertiary/aromatic N) is 3. The van der Waals surface area contributed by atoms with Gasteiger partial charge in [-0.05, 0) is 173 Å². The largest absolute Gasteiger partial charge is 0.497 e. The molecule has 20 heteroatoms. The fraction of sp³-hybridized carbons (Fsp3) is 0.329. The van der Waals surface area contributed by atoms with E-state index in [1.807, 2.05) is 164 Å². The molecule has 13 rings (SSSR count). The molecule has 4 saturated carbocycles. The number of aromatic nitrogens is 3. The van der Waals surface area contributed by atoms with E-state index in [0.29, 0.717) is 48.9 Å². The molecule has 0 spiro atoms. The van der Waals surface area contributed by atoms with E-state index in [1.165, 1.54) is 24.8 Å². The van der Waals surface area contributed by atoms with Crippen LogP contribution < -0.4 is 34.6 Å². The number of aromatic amines is 1. The van der Waals surface area contributed by atoms with Crippen molar-refractivity contribution in [1.29, 1.82) is 0 Å². The number of carbonyl (C=O) groups is 4. The Hall–Kier alpha value is -9.16. The van der Waals surface area contributed by atoms with Crippen LogP contribution in [0.4, 0.5) is 0 Å². The number of carbonyl (C=O) groups excluding carboxylic acids is 4. The Bertz CT molecular complexity index is 3710. The van der Waals surface area contributed by atoms with Crippen LogP contribution in [0.3, 0.4) is 0 Å². The van der Waals surface area contributed by atoms with Crippen molar-refractivity contribution in [3.63, 3.8) is 0 Å². The number of allylic oxidation sites excluding steroid dienone is 2. The van der Waals surface area contributed by atoms with Crippen LogP contribution in [0.2, 0.25) is 0 Å². The quantitative estimate of drug-likeness (QED) is 0.0201. The summed E-state index contributed by atoms with van der Waals surface area (Å²) >= 11 is 0. The fourth-order valence-corrected chi connectivity index (χ4v) is 13.2. The lowest BCUT2D eigenvalue weighted by Gasteiger charge is -2.56. The van der Waals surface area contributed by atoms with Gasteiger partial charge >= 0.3 is 13.7 Å². The summed E-state index contributed by atoms with van der Waals surface area (Å²) in [6.07, 6.45) is 14.7. The van der Waals surface area contributed by atoms with Gasteiger partial charge in [-0.2, -0.15) is 5.10 Å². The Balaban J connectivity index is 0.000000143. The Labute approximate surface area is 524 Å². The number of hydrogen-bond donors (Lipinski definition) is 4. The number of ketones is 1. The summed E-state index contributed by atoms with van der Waals surface area (Å²) in [5.74, 6) is 4.06. The van der Waals surface area contributed by atoms with E-state index in [-0.39, 0.29) is 54.7 Å². The van der Waals surface area contributed by atoms with Crippen LogP contribution in [0.1, 0.15) is 98.5 Å². The van der Waals surface area contributed by atoms with Gasteiger partial charge in [-0.25, -0.2) is 15.1 Å². The van der Waals surface area contributed by atoms with Gasteiger partial charge in [0.05, 0.1) is 25.5 Å². The molecule has 4 fully saturated rings. The molecule has 4 bridgehead atoms. The number of nitrogens with one attached hydrogen (secondary N) is 4. The van der Waals surface area contributed by atoms with Crippen molar-refractivity contribution >= 4 is 47.9 Å². The highest BCUT2D eigenvalue weighted by molar-refractivity contribution is 7.52. The lowest BCUT2D eigenvalue weighted by molar-refractivity contribution is -0.148. The normalized spacial score (nSPS) is 18.6. The van der Waals surface area contributed by atoms with Crippen LogP contribution >= 0.6 is 7.75 Å². The molecule has 2 aromatic heterocycles. The van der Waals surface area contributed by atoms with E-state index in [2.05, 4.69) is 43.0 Å². The van der Waals surface area contributed by atoms with Crippen LogP contribution in [-0.2, 0) is 47.6 Å². The second kappa shape index (κ2) is 32.4. The van der Waals surface area contributed by atoms with E-state index in [0.717, 1.165) is 94.5 Å². The molecule has 0 radical (unpaired) electrons. The predicted molar refractivity (Wildman–Crippen MR) is 344 cm³/mol. The first-order chi connectivity index (χ1) is 43.7. The second-order valence-electron chi connectivity index (χ2n) is 22.7. The van der Waals surface area contributed by atoms with Crippen LogP contribution in [0, 0.1) is 17.8 Å². The number of ether oxygens (including phenoxy) is 4. The van der Waals surface area contributed by atoms with E-state index in [9.17, 15) is 23.7 Å². The number of para-hydroxylation sites is 4. The van der Waals surface area contributed by atoms with Gasteiger partial charge in [0.2, 0.25) is 11.7 Å². The smallest absolute Gasteiger partial charge is 0.458 e. The minimum absolute atomic E-state index is 0.0739. The van der Waals surface area contributed by atoms with Gasteiger partial charge in [-0.3, -0.25) is 23.7 Å². The zero-order valence-corrected chi connectivity index (χ0v) is 52.2. The van der Waals surface area contributed by atoms with Crippen molar-refractivity contribution < 1.29 is 56.2 Å². The van der Waals surface area contributed by atoms with Crippen molar-refractivity contribution in [2.45, 2.75) is 96.1 Å². The Morgan fingerprint density at radius 1 is 0.678 bits per heavy atom. The summed E-state index contributed by atoms with van der Waals surface area (Å²) in [7, 11) is 1.50. The average molecular weight is 1240 g/mol. The number of esters is 1. The summed E-state index contributed by atoms with van der Waals surface area (Å²) < 4.78 is 51.1. The summed E-state index contributed by atoms with van der Waals surface area (Å²) in [6, 6.07) is 51.1. The molecule has 0 saturated heterocycles. The molecule has 19 nitrogen and oxygen atoms in total. The molecule has 90 heavy (non-hydrogen) atoms. The van der Waals surface area contributed by atoms with Crippen LogP contribution in [-0.4, -0.2) is 84.5 Å². The minimum Gasteiger partial charge on any atom is -0.497 e. The zero-order valence-electron chi connectivity index (χ0n) is 51.3. The maximum atomic E-state index is 13.1. The molecule has 470 valence electrons. The molecule has 1 unspecified atom stereocenters. The van der Waals surface area contributed by atoms with E-state index < -0.39 is 7.75 Å². The highest BCUT2D eigenvalue weighted by Gasteiger charge is 2.54. The lowest BCUT2D eigenvalue weighted by Crippen LogP contribution is -2.52. The molecule has 5 aliphatic carbocycles. The standard InChI is InChI=1S/C21H22N2O4.C17H14N2O2.C17H24NO3P.C15H18N2O3/c1-26-17-9-6-15(7-10-17)12-23-20(24)14-27-21(25)11-8-16-13-22-19-5-3-2-4-18(16)19;20-15(12-11-13-7-3-1-4-8-13)17-19-18-16(21-17)14-9-5-2-6-10-14;1-18-22(19,20-16-5-3-2-4-6-16)21-17-10-13-7-14(11-17)9-15(8-13)12-17;1-11-7-8-12(9-11)16-17-15(18)10-20-14-6-4-3-5-13(14)19-2/h2-7,9-10,13,22H,8,11-12,14H2,1H3,(H,23,24);1-10H,11-12H2;2-6,13-15H,7-12H2,1H3,(H,18,19);3-6,9H,7-8,10H2,1-2H3,(H,17,18)/b;;;16-12+. The molecule has 4 N–H and O–H groups in total. The Morgan fingerprint density at radius 2 is 1.32 bits per heavy atom. The number of amides is 2. The third kappa shape index (κ3) is 19.4. The number of Topliss-reactive ketones (excluding diaryl/α,β-unsaturated/α-hetero) is 1. The van der Waals surface area contributed by atoms with Crippen molar-refractivity contribution in [2.75, 3.05) is 34.5 Å². The maximum absolute atomic E-state index is 13.1. The Morgan fingerprint density at radius 3 is 1.98 bits per heavy atom. The molecule has 1 atom stereocenters. The number of fused-ring (bicyclic) bond motifs is 1. The van der Waals surface area contributed by atoms with Gasteiger partial charge in [0.25, 0.3) is 17.7 Å². The van der Waals surface area contributed by atoms with E-state index in [4.69, 9.17) is 32.4 Å². The van der Waals surface area contributed by atoms with E-state index >= 15 is 0 Å². The number of aryl methyl sites for hydroxylation is 2. The minimum atomic E-state index is -3.32. The first-order valence-electron chi connectivity index (χ1n) is 30.3. The van der Waals surface area contributed by atoms with Gasteiger partial charge in [-0.1, -0.05) is 115 Å². The third-order valence-corrected chi connectivity index (χ3v) is 17.6. The molecule has 8 aromatic rings. The van der Waals surface area contributed by atoms with Crippen molar-refractivity contribution in [2.24, 2.45) is 22.9 Å². The highest BCUT2D eigenvalue weighted by atomic mass is 31.2. The van der Waals surface area contributed by atoms with Crippen molar-refractivity contribution in [3.05, 3.63) is 204 Å². The topological polar surface area (TPSA) is 244 Å². The summed E-state index contributed by atoms with van der Waals surface area (Å²) in [5, 5.41) is 18.5. The predicted octanol–water partition coefficient (Wildman–Crippen LogP) is 13.2. The van der Waals surface area contributed by atoms with Crippen molar-refractivity contribution in [3.8, 4) is 34.5 Å². The zero-order chi connectivity index (χ0) is 63.1. The van der Waals surface area contributed by atoms with Crippen molar-refractivity contribution in [1.82, 2.24) is 31.0 Å². The Kier molecular flexibility index (Phi) is 23.5. The van der Waals surface area contributed by atoms with Crippen LogP contribution in [0.25, 0.3) is 22.4 Å². The van der Waals surface area contributed by atoms with Gasteiger partial charge in [0, 0.05) is 42.0 Å². The summed E-state index contributed by atoms with van der Waals surface area (Å²) in [6.45, 7) is 2.05. The molecule has 6 aromatic carbocycles. The number of benzene rings is 6. The highest BCUT2D eigenvalue weighted by Crippen LogP contribution is 2.62. The first kappa shape index (κ1) is 65.3. The number of hydrogen-bond acceptors (Lipinski definition) is 15. The molecular formula is C70H78N7O12P. The maximum Gasteiger partial charge on any atom is 0.458 e. The molecular weight excluding hydrogens is 1160 g/mol. The summed E-state index contributed by atoms with van der Waals surface area (Å²) in [5.41, 5.74) is 9.41. The number of hydrazone groups is 1. The third-order valence-electron chi connectivity index (χ3n) is 15.9. The van der Waals surface area contributed by atoms with Gasteiger partial charge in [0.1, 0.15) is 11.5 Å². The van der Waals surface area contributed by atoms with Gasteiger partial charge in [-0.15, -0.1) is 10.2 Å². The average Bonchev–Trinajstić information content (AvgIpc) is 1.000. The fourth-order valence-electron chi connectivity index (χ4n) is 11.8. The SMILES string of the molecule is CNP(=O)(Oc1ccccc1)OC12CC3CC(CC(C3)C1)C2.COc1ccc(CNC(=O)COC(=O)CCc2c[nH]c3ccccc23)cc1.COc1ccccc1OCC(=O)N/N=C1/C=C(C)CC1.O=C(CCc1ccccc1)c1nnc(-c2ccccc2)o1. The van der Waals surface area contributed by atoms with Crippen LogP contribution in [0.15, 0.2) is 191 Å². The number of H-pyrrole nitrogens is 1. The van der Waals surface area contributed by atoms with Crippen LogP contribution in [0.5, 0.6) is 23.0 Å². The molecule has 2 amide bonds. The molecule has 2 heterocycles. The second-order valence-corrected chi connectivity index (χ2v) is 24.5. The lowest BCUT2D eigenvalue weighted by atomic mass is 9.54. The van der Waals surface area contributed by atoms with Gasteiger partial charge in [0.15, 0.2) is 24.7 Å². The molecule has 5 aliphatic rings. The van der Waals surface area contributed by atoms with Gasteiger partial charge < -0.3 is 38.2 Å². The summed E-state index contributed by atoms with van der Waals surface area (Å²) in [4.78, 5) is 50.6. The molecule has 0 aliphatic heterocycles. The monoisotopic (exact) mass is 1240 g/mol. The number of methoxy groups -OCH3 is 2. The number of rotatable bonds is 23. The first-order valence-corrected chi connectivity index (χ1v) is 31.9. The van der Waals surface area contributed by atoms with E-state index in [1.54, 1.807) is 33.4 Å².